The second kappa shape index (κ2) is 39.2. The van der Waals surface area contributed by atoms with Crippen molar-refractivity contribution in [3.63, 3.8) is 0 Å². The van der Waals surface area contributed by atoms with Crippen LogP contribution in [0.25, 0.3) is 0 Å². The summed E-state index contributed by atoms with van der Waals surface area (Å²) in [5.41, 5.74) is 0. The molecule has 0 amide bonds. The zero-order valence-corrected chi connectivity index (χ0v) is 30.2. The lowest BCUT2D eigenvalue weighted by Gasteiger charge is -2.22. The molecule has 0 aliphatic carbocycles. The van der Waals surface area contributed by atoms with Crippen molar-refractivity contribution in [2.45, 2.75) is 213 Å². The van der Waals surface area contributed by atoms with Gasteiger partial charge in [0.1, 0.15) is 0 Å². The molecular formula is C42H81N. The lowest BCUT2D eigenvalue weighted by molar-refractivity contribution is 0.254. The Labute approximate surface area is 273 Å². The van der Waals surface area contributed by atoms with Crippen LogP contribution in [0.2, 0.25) is 0 Å². The highest BCUT2D eigenvalue weighted by molar-refractivity contribution is 4.82. The minimum Gasteiger partial charge on any atom is -0.303 e. The third kappa shape index (κ3) is 37.3. The van der Waals surface area contributed by atoms with Crippen LogP contribution in [0.15, 0.2) is 36.5 Å². The third-order valence-corrected chi connectivity index (χ3v) is 8.96. The van der Waals surface area contributed by atoms with E-state index in [0.29, 0.717) is 0 Å². The van der Waals surface area contributed by atoms with Crippen molar-refractivity contribution in [3.8, 4) is 0 Å². The van der Waals surface area contributed by atoms with Crippen molar-refractivity contribution in [2.75, 3.05) is 19.6 Å². The minimum absolute atomic E-state index is 1.28. The van der Waals surface area contributed by atoms with Gasteiger partial charge in [-0.25, -0.2) is 0 Å². The summed E-state index contributed by atoms with van der Waals surface area (Å²) < 4.78 is 0. The first kappa shape index (κ1) is 42.2. The van der Waals surface area contributed by atoms with Crippen molar-refractivity contribution in [3.05, 3.63) is 36.5 Å². The van der Waals surface area contributed by atoms with E-state index >= 15 is 0 Å². The predicted molar refractivity (Wildman–Crippen MR) is 199 cm³/mol. The Balaban J connectivity index is 4.00. The molecule has 0 bridgehead atoms. The Morgan fingerprint density at radius 1 is 0.256 bits per heavy atom. The van der Waals surface area contributed by atoms with Gasteiger partial charge in [0.2, 0.25) is 0 Å². The Bertz CT molecular complexity index is 493. The van der Waals surface area contributed by atoms with E-state index < -0.39 is 0 Å². The van der Waals surface area contributed by atoms with Crippen LogP contribution in [-0.4, -0.2) is 24.5 Å². The lowest BCUT2D eigenvalue weighted by atomic mass is 10.1. The molecule has 0 aliphatic rings. The zero-order chi connectivity index (χ0) is 31.2. The van der Waals surface area contributed by atoms with Gasteiger partial charge in [0.15, 0.2) is 0 Å². The Morgan fingerprint density at radius 2 is 0.465 bits per heavy atom. The van der Waals surface area contributed by atoms with E-state index in [0.717, 1.165) is 0 Å². The molecule has 0 rings (SSSR count). The Kier molecular flexibility index (Phi) is 38.5. The standard InChI is InChI=1S/C42H81N/c1-4-7-10-13-16-19-22-25-28-31-34-37-40-43(41-38-35-32-29-26-23-20-17-14-11-8-5-2)42-39-36-33-30-27-24-21-18-15-12-9-6-3/h13-18H,4-12,19-42H2,1-3H3/b16-13-,17-14-,18-15-. The van der Waals surface area contributed by atoms with Crippen molar-refractivity contribution in [1.29, 1.82) is 0 Å². The van der Waals surface area contributed by atoms with Crippen LogP contribution in [-0.2, 0) is 0 Å². The Morgan fingerprint density at radius 3 is 0.721 bits per heavy atom. The van der Waals surface area contributed by atoms with Crippen molar-refractivity contribution < 1.29 is 0 Å². The summed E-state index contributed by atoms with van der Waals surface area (Å²) in [6, 6.07) is 0. The number of hydrogen-bond acceptors (Lipinski definition) is 1. The highest BCUT2D eigenvalue weighted by Gasteiger charge is 2.05. The Hall–Kier alpha value is -0.820. The second-order valence-corrected chi connectivity index (χ2v) is 13.4. The van der Waals surface area contributed by atoms with Crippen LogP contribution in [0, 0.1) is 0 Å². The molecule has 0 aromatic heterocycles. The van der Waals surface area contributed by atoms with E-state index in [2.05, 4.69) is 62.1 Å². The highest BCUT2D eigenvalue weighted by Crippen LogP contribution is 2.13. The van der Waals surface area contributed by atoms with Crippen LogP contribution >= 0.6 is 0 Å². The third-order valence-electron chi connectivity index (χ3n) is 8.96. The van der Waals surface area contributed by atoms with Gasteiger partial charge in [-0.3, -0.25) is 0 Å². The summed E-state index contributed by atoms with van der Waals surface area (Å²) in [4.78, 5) is 2.84. The van der Waals surface area contributed by atoms with E-state index in [-0.39, 0.29) is 0 Å². The van der Waals surface area contributed by atoms with E-state index in [4.69, 9.17) is 0 Å². The van der Waals surface area contributed by atoms with Crippen molar-refractivity contribution in [2.24, 2.45) is 0 Å². The van der Waals surface area contributed by atoms with E-state index in [1.807, 2.05) is 0 Å². The maximum Gasteiger partial charge on any atom is -0.00187 e. The molecule has 0 aromatic carbocycles. The molecule has 0 atom stereocenters. The van der Waals surface area contributed by atoms with Gasteiger partial charge in [-0.05, 0) is 96.7 Å². The quantitative estimate of drug-likeness (QED) is 0.0511. The number of rotatable bonds is 36. The SMILES string of the molecule is CCCC/C=C\CCCCCCCCN(CCCCCCCC/C=C\CCCC)CCCCCCCC/C=C\CCCC. The molecule has 254 valence electrons. The molecule has 0 aromatic rings. The van der Waals surface area contributed by atoms with E-state index in [1.165, 1.54) is 212 Å². The predicted octanol–water partition coefficient (Wildman–Crippen LogP) is 14.7. The fraction of sp³-hybridized carbons (Fsp3) is 0.857. The van der Waals surface area contributed by atoms with Crippen molar-refractivity contribution in [1.82, 2.24) is 4.90 Å². The van der Waals surface area contributed by atoms with Gasteiger partial charge in [0.25, 0.3) is 0 Å². The first-order valence-corrected chi connectivity index (χ1v) is 20.0. The molecule has 0 heterocycles. The van der Waals surface area contributed by atoms with Gasteiger partial charge in [-0.2, -0.15) is 0 Å². The van der Waals surface area contributed by atoms with Gasteiger partial charge >= 0.3 is 0 Å². The summed E-state index contributed by atoms with van der Waals surface area (Å²) in [7, 11) is 0. The molecule has 0 aliphatic heterocycles. The number of nitrogens with zero attached hydrogens (tertiary/aromatic N) is 1. The normalized spacial score (nSPS) is 12.3. The molecular weight excluding hydrogens is 518 g/mol. The van der Waals surface area contributed by atoms with Crippen LogP contribution < -0.4 is 0 Å². The van der Waals surface area contributed by atoms with Crippen LogP contribution in [0.5, 0.6) is 0 Å². The van der Waals surface area contributed by atoms with Gasteiger partial charge in [0.05, 0.1) is 0 Å². The molecule has 1 nitrogen and oxygen atoms in total. The maximum atomic E-state index is 2.84. The molecule has 0 N–H and O–H groups in total. The maximum absolute atomic E-state index is 2.84. The second-order valence-electron chi connectivity index (χ2n) is 13.4. The average molecular weight is 600 g/mol. The number of hydrogen-bond donors (Lipinski definition) is 0. The van der Waals surface area contributed by atoms with Crippen molar-refractivity contribution >= 4 is 0 Å². The minimum atomic E-state index is 1.28. The van der Waals surface area contributed by atoms with E-state index in [9.17, 15) is 0 Å². The number of unbranched alkanes of at least 4 members (excludes halogenated alkanes) is 24. The molecule has 0 radical (unpaired) electrons. The smallest absolute Gasteiger partial charge is 0.00187 e. The number of allylic oxidation sites excluding steroid dienone is 6. The van der Waals surface area contributed by atoms with Crippen LogP contribution in [0.4, 0.5) is 0 Å². The summed E-state index contributed by atoms with van der Waals surface area (Å²) in [5.74, 6) is 0. The topological polar surface area (TPSA) is 3.24 Å². The first-order valence-electron chi connectivity index (χ1n) is 20.0. The fourth-order valence-corrected chi connectivity index (χ4v) is 5.92. The van der Waals surface area contributed by atoms with Gasteiger partial charge < -0.3 is 4.90 Å². The largest absolute Gasteiger partial charge is 0.303 e. The molecule has 0 unspecified atom stereocenters. The summed E-state index contributed by atoms with van der Waals surface area (Å²) in [5, 5.41) is 0. The molecule has 0 spiro atoms. The monoisotopic (exact) mass is 600 g/mol. The van der Waals surface area contributed by atoms with Gasteiger partial charge in [-0.15, -0.1) is 0 Å². The fourth-order valence-electron chi connectivity index (χ4n) is 5.92. The molecule has 0 fully saturated rings. The van der Waals surface area contributed by atoms with Crippen LogP contribution in [0.3, 0.4) is 0 Å². The summed E-state index contributed by atoms with van der Waals surface area (Å²) in [6.45, 7) is 10.9. The summed E-state index contributed by atoms with van der Waals surface area (Å²) >= 11 is 0. The zero-order valence-electron chi connectivity index (χ0n) is 30.2. The molecule has 0 saturated heterocycles. The molecule has 43 heavy (non-hydrogen) atoms. The summed E-state index contributed by atoms with van der Waals surface area (Å²) in [6.07, 6.45) is 55.8. The van der Waals surface area contributed by atoms with Gasteiger partial charge in [0, 0.05) is 0 Å². The molecule has 0 saturated carbocycles. The van der Waals surface area contributed by atoms with E-state index in [1.54, 1.807) is 0 Å². The first-order chi connectivity index (χ1) is 21.3. The van der Waals surface area contributed by atoms with Gasteiger partial charge in [-0.1, -0.05) is 173 Å². The molecule has 1 heteroatoms. The highest BCUT2D eigenvalue weighted by atomic mass is 15.1. The average Bonchev–Trinajstić information content (AvgIpc) is 3.02. The lowest BCUT2D eigenvalue weighted by Crippen LogP contribution is -2.27. The van der Waals surface area contributed by atoms with Crippen LogP contribution in [0.1, 0.15) is 213 Å².